The number of unbranched alkanes of at least 4 members (excludes halogenated alkanes) is 1. The third-order valence-corrected chi connectivity index (χ3v) is 6.64. The minimum Gasteiger partial charge on any atom is -0.361 e. The van der Waals surface area contributed by atoms with Crippen molar-refractivity contribution in [1.82, 2.24) is 9.88 Å². The number of piperidine rings is 1. The predicted octanol–water partition coefficient (Wildman–Crippen LogP) is 6.16. The van der Waals surface area contributed by atoms with Crippen LogP contribution in [0.1, 0.15) is 54.4 Å². The molecule has 4 nitrogen and oxygen atoms in total. The second-order valence-corrected chi connectivity index (χ2v) is 8.76. The molecule has 0 radical (unpaired) electrons. The van der Waals surface area contributed by atoms with Crippen molar-refractivity contribution in [3.63, 3.8) is 0 Å². The average Bonchev–Trinajstić information content (AvgIpc) is 3.16. The minimum absolute atomic E-state index is 0.0989. The fourth-order valence-corrected chi connectivity index (χ4v) is 4.72. The number of fused-ring (bicyclic) bond motifs is 1. The zero-order chi connectivity index (χ0) is 20.2. The first-order valence-corrected chi connectivity index (χ1v) is 11.3. The van der Waals surface area contributed by atoms with Gasteiger partial charge >= 0.3 is 0 Å². The SMILES string of the molecule is CCCCN1CCC(c2c[nH]c3ccc(NC(=O)c4ccccc4Br)cc23)CC1. The lowest BCUT2D eigenvalue weighted by Gasteiger charge is -2.31. The molecule has 5 heteroatoms. The van der Waals surface area contributed by atoms with Crippen LogP contribution in [0.25, 0.3) is 10.9 Å². The molecule has 0 spiro atoms. The Hall–Kier alpha value is -2.11. The Morgan fingerprint density at radius 1 is 1.21 bits per heavy atom. The summed E-state index contributed by atoms with van der Waals surface area (Å²) in [4.78, 5) is 18.7. The highest BCUT2D eigenvalue weighted by Crippen LogP contribution is 2.34. The highest BCUT2D eigenvalue weighted by Gasteiger charge is 2.22. The fraction of sp³-hybridized carbons (Fsp3) is 0.375. The van der Waals surface area contributed by atoms with Crippen molar-refractivity contribution in [3.8, 4) is 0 Å². The standard InChI is InChI=1S/C24H28BrN3O/c1-2-3-12-28-13-10-17(11-14-28)21-16-26-23-9-8-18(15-20(21)23)27-24(29)19-6-4-5-7-22(19)25/h4-9,15-17,26H,2-3,10-14H2,1H3,(H,27,29). The van der Waals surface area contributed by atoms with Crippen LogP contribution in [0.15, 0.2) is 53.1 Å². The zero-order valence-corrected chi connectivity index (χ0v) is 18.5. The zero-order valence-electron chi connectivity index (χ0n) is 16.9. The van der Waals surface area contributed by atoms with Crippen LogP contribution in [0.4, 0.5) is 5.69 Å². The topological polar surface area (TPSA) is 48.1 Å². The van der Waals surface area contributed by atoms with E-state index in [1.807, 2.05) is 30.3 Å². The molecular weight excluding hydrogens is 426 g/mol. The molecule has 1 fully saturated rings. The lowest BCUT2D eigenvalue weighted by molar-refractivity contribution is 0.102. The quantitative estimate of drug-likeness (QED) is 0.469. The number of aromatic amines is 1. The summed E-state index contributed by atoms with van der Waals surface area (Å²) in [5.74, 6) is 0.481. The fourth-order valence-electron chi connectivity index (χ4n) is 4.25. The number of carbonyl (C=O) groups excluding carboxylic acids is 1. The average molecular weight is 454 g/mol. The Balaban J connectivity index is 1.50. The molecule has 1 saturated heterocycles. The number of likely N-dealkylation sites (tertiary alicyclic amines) is 1. The maximum Gasteiger partial charge on any atom is 0.256 e. The summed E-state index contributed by atoms with van der Waals surface area (Å²) in [7, 11) is 0. The summed E-state index contributed by atoms with van der Waals surface area (Å²) in [6.07, 6.45) is 7.11. The molecule has 152 valence electrons. The number of hydrogen-bond donors (Lipinski definition) is 2. The molecule has 2 aromatic carbocycles. The summed E-state index contributed by atoms with van der Waals surface area (Å²) >= 11 is 3.46. The van der Waals surface area contributed by atoms with Crippen molar-refractivity contribution < 1.29 is 4.79 Å². The number of aromatic nitrogens is 1. The van der Waals surface area contributed by atoms with Crippen LogP contribution in [0.2, 0.25) is 0 Å². The van der Waals surface area contributed by atoms with E-state index in [-0.39, 0.29) is 5.91 Å². The smallest absolute Gasteiger partial charge is 0.256 e. The van der Waals surface area contributed by atoms with E-state index in [1.54, 1.807) is 0 Å². The van der Waals surface area contributed by atoms with Gasteiger partial charge in [-0.15, -0.1) is 0 Å². The molecule has 29 heavy (non-hydrogen) atoms. The van der Waals surface area contributed by atoms with E-state index in [4.69, 9.17) is 0 Å². The van der Waals surface area contributed by atoms with Gasteiger partial charge in [0.05, 0.1) is 5.56 Å². The normalized spacial score (nSPS) is 15.7. The number of rotatable bonds is 6. The number of amides is 1. The minimum atomic E-state index is -0.0989. The van der Waals surface area contributed by atoms with Crippen molar-refractivity contribution in [3.05, 3.63) is 64.3 Å². The highest BCUT2D eigenvalue weighted by atomic mass is 79.9. The van der Waals surface area contributed by atoms with E-state index in [2.05, 4.69) is 56.4 Å². The number of H-pyrrole nitrogens is 1. The van der Waals surface area contributed by atoms with Gasteiger partial charge in [-0.2, -0.15) is 0 Å². The molecule has 1 aromatic heterocycles. The van der Waals surface area contributed by atoms with Gasteiger partial charge in [-0.05, 0) is 96.6 Å². The molecule has 0 unspecified atom stereocenters. The third kappa shape index (κ3) is 4.57. The summed E-state index contributed by atoms with van der Waals surface area (Å²) in [5, 5.41) is 4.27. The molecular formula is C24H28BrN3O. The van der Waals surface area contributed by atoms with Crippen molar-refractivity contribution in [1.29, 1.82) is 0 Å². The molecule has 1 aliphatic rings. The first-order valence-electron chi connectivity index (χ1n) is 10.5. The summed E-state index contributed by atoms with van der Waals surface area (Å²) < 4.78 is 0.802. The maximum absolute atomic E-state index is 12.7. The number of halogens is 1. The third-order valence-electron chi connectivity index (χ3n) is 5.95. The van der Waals surface area contributed by atoms with Crippen molar-refractivity contribution in [2.45, 2.75) is 38.5 Å². The molecule has 4 rings (SSSR count). The largest absolute Gasteiger partial charge is 0.361 e. The number of anilines is 1. The maximum atomic E-state index is 12.7. The summed E-state index contributed by atoms with van der Waals surface area (Å²) in [6.45, 7) is 5.83. The Morgan fingerprint density at radius 2 is 2.00 bits per heavy atom. The first-order chi connectivity index (χ1) is 14.2. The van der Waals surface area contributed by atoms with E-state index in [0.717, 1.165) is 15.7 Å². The van der Waals surface area contributed by atoms with Gasteiger partial charge in [0.15, 0.2) is 0 Å². The van der Waals surface area contributed by atoms with Gasteiger partial charge in [0.1, 0.15) is 0 Å². The molecule has 3 aromatic rings. The number of benzene rings is 2. The first kappa shape index (κ1) is 20.2. The molecule has 1 aliphatic heterocycles. The van der Waals surface area contributed by atoms with Gasteiger partial charge in [-0.3, -0.25) is 4.79 Å². The Labute approximate surface area is 180 Å². The van der Waals surface area contributed by atoms with Gasteiger partial charge in [0.2, 0.25) is 0 Å². The van der Waals surface area contributed by atoms with E-state index in [9.17, 15) is 4.79 Å². The summed E-state index contributed by atoms with van der Waals surface area (Å²) in [6, 6.07) is 13.6. The van der Waals surface area contributed by atoms with E-state index < -0.39 is 0 Å². The highest BCUT2D eigenvalue weighted by molar-refractivity contribution is 9.10. The van der Waals surface area contributed by atoms with Crippen LogP contribution in [0.5, 0.6) is 0 Å². The molecule has 0 saturated carbocycles. The lowest BCUT2D eigenvalue weighted by Crippen LogP contribution is -2.33. The van der Waals surface area contributed by atoms with Crippen LogP contribution in [0, 0.1) is 0 Å². The van der Waals surface area contributed by atoms with E-state index in [1.165, 1.54) is 56.3 Å². The number of nitrogens with one attached hydrogen (secondary N) is 2. The molecule has 0 bridgehead atoms. The molecule has 1 amide bonds. The molecule has 2 N–H and O–H groups in total. The Kier molecular flexibility index (Phi) is 6.36. The number of carbonyl (C=O) groups is 1. The van der Waals surface area contributed by atoms with Gasteiger partial charge < -0.3 is 15.2 Å². The van der Waals surface area contributed by atoms with Gasteiger partial charge in [-0.1, -0.05) is 25.5 Å². The lowest BCUT2D eigenvalue weighted by atomic mass is 9.89. The van der Waals surface area contributed by atoms with Crippen LogP contribution >= 0.6 is 15.9 Å². The van der Waals surface area contributed by atoms with Crippen LogP contribution < -0.4 is 5.32 Å². The van der Waals surface area contributed by atoms with Gasteiger partial charge in [-0.25, -0.2) is 0 Å². The Bertz CT molecular complexity index is 989. The van der Waals surface area contributed by atoms with E-state index >= 15 is 0 Å². The van der Waals surface area contributed by atoms with Crippen LogP contribution in [0.3, 0.4) is 0 Å². The van der Waals surface area contributed by atoms with Crippen molar-refractivity contribution >= 4 is 38.4 Å². The second-order valence-electron chi connectivity index (χ2n) is 7.91. The monoisotopic (exact) mass is 453 g/mol. The van der Waals surface area contributed by atoms with Gasteiger partial charge in [0.25, 0.3) is 5.91 Å². The predicted molar refractivity (Wildman–Crippen MR) is 124 cm³/mol. The Morgan fingerprint density at radius 3 is 2.76 bits per heavy atom. The molecule has 0 atom stereocenters. The van der Waals surface area contributed by atoms with Crippen LogP contribution in [-0.4, -0.2) is 35.4 Å². The molecule has 2 heterocycles. The van der Waals surface area contributed by atoms with Gasteiger partial charge in [0, 0.05) is 27.3 Å². The van der Waals surface area contributed by atoms with E-state index in [0.29, 0.717) is 11.5 Å². The number of hydrogen-bond acceptors (Lipinski definition) is 2. The summed E-state index contributed by atoms with van der Waals surface area (Å²) in [5.41, 5.74) is 3.99. The van der Waals surface area contributed by atoms with Crippen molar-refractivity contribution in [2.24, 2.45) is 0 Å². The molecule has 0 aliphatic carbocycles. The van der Waals surface area contributed by atoms with Crippen molar-refractivity contribution in [2.75, 3.05) is 25.0 Å². The second kappa shape index (κ2) is 9.14. The number of nitrogens with zero attached hydrogens (tertiary/aromatic N) is 1. The van der Waals surface area contributed by atoms with Crippen LogP contribution in [-0.2, 0) is 0 Å².